The number of nitrogens with zero attached hydrogens (tertiary/aromatic N) is 1. The Morgan fingerprint density at radius 2 is 2.00 bits per heavy atom. The van der Waals surface area contributed by atoms with Gasteiger partial charge in [0.05, 0.1) is 14.2 Å². The zero-order valence-electron chi connectivity index (χ0n) is 19.0. The van der Waals surface area contributed by atoms with Crippen LogP contribution in [-0.2, 0) is 13.0 Å². The van der Waals surface area contributed by atoms with E-state index in [1.54, 1.807) is 14.2 Å². The Morgan fingerprint density at radius 3 is 2.74 bits per heavy atom. The molecule has 1 atom stereocenters. The number of allylic oxidation sites excluding steroid dienone is 1. The predicted octanol–water partition coefficient (Wildman–Crippen LogP) is 2.21. The number of nitrogens with one attached hydrogen (secondary N) is 1. The van der Waals surface area contributed by atoms with Crippen LogP contribution in [0.15, 0.2) is 42.1 Å². The van der Waals surface area contributed by atoms with Gasteiger partial charge in [-0.25, -0.2) is 0 Å². The van der Waals surface area contributed by atoms with Gasteiger partial charge in [0.2, 0.25) is 0 Å². The monoisotopic (exact) mass is 464 g/mol. The van der Waals surface area contributed by atoms with Crippen LogP contribution in [0.4, 0.5) is 0 Å². The van der Waals surface area contributed by atoms with Gasteiger partial charge in [-0.05, 0) is 24.5 Å². The van der Waals surface area contributed by atoms with Crippen molar-refractivity contribution in [3.8, 4) is 11.5 Å². The van der Waals surface area contributed by atoms with Crippen LogP contribution in [0.5, 0.6) is 11.5 Å². The van der Waals surface area contributed by atoms with Gasteiger partial charge in [-0.15, -0.1) is 18.7 Å². The molecule has 0 bridgehead atoms. The zero-order valence-corrected chi connectivity index (χ0v) is 22.9. The van der Waals surface area contributed by atoms with Gasteiger partial charge >= 0.3 is 51.4 Å². The fourth-order valence-electron chi connectivity index (χ4n) is 4.21. The summed E-state index contributed by atoms with van der Waals surface area (Å²) < 4.78 is 11.1. The second-order valence-electron chi connectivity index (χ2n) is 7.55. The van der Waals surface area contributed by atoms with E-state index in [2.05, 4.69) is 22.4 Å². The molecule has 1 heterocycles. The number of rotatable bonds is 6. The van der Waals surface area contributed by atoms with Crippen molar-refractivity contribution in [2.24, 2.45) is 0 Å². The molecule has 6 heteroatoms. The van der Waals surface area contributed by atoms with Crippen LogP contribution < -0.4 is 66.2 Å². The maximum Gasteiger partial charge on any atom is 1.00 e. The van der Waals surface area contributed by atoms with Gasteiger partial charge in [-0.1, -0.05) is 17.5 Å². The molecule has 2 aromatic carbocycles. The van der Waals surface area contributed by atoms with Crippen LogP contribution in [0.3, 0.4) is 0 Å². The summed E-state index contributed by atoms with van der Waals surface area (Å²) in [7, 11) is 3.44. The van der Waals surface area contributed by atoms with Crippen molar-refractivity contribution in [2.45, 2.75) is 38.3 Å². The van der Waals surface area contributed by atoms with E-state index in [0.717, 1.165) is 66.6 Å². The predicted molar refractivity (Wildman–Crippen MR) is 122 cm³/mol. The summed E-state index contributed by atoms with van der Waals surface area (Å²) in [4.78, 5) is 2.58. The van der Waals surface area contributed by atoms with Gasteiger partial charge in [-0.2, -0.15) is 35.3 Å². The van der Waals surface area contributed by atoms with E-state index in [-0.39, 0.29) is 58.8 Å². The standard InChI is InChI=1S/C24H27ClN2O2.CH3.K/c1-28-21-12-17-10-11-27(16-22(17)24(14-21)29-2)20-8-5-7-19(13-20)26-15-18-6-3-4-9-23(18)25;;/h3-4,6,9,12,14-15,20,26H,5,8,10-11,13,16H2,1-2H3;1H3;/q-2;-1;+1. The Morgan fingerprint density at radius 1 is 1.19 bits per heavy atom. The average Bonchev–Trinajstić information content (AvgIpc) is 2.77. The van der Waals surface area contributed by atoms with E-state index in [9.17, 15) is 0 Å². The van der Waals surface area contributed by atoms with Crippen LogP contribution in [0.1, 0.15) is 36.0 Å². The molecule has 0 fully saturated rings. The molecule has 2 aromatic rings. The molecule has 0 saturated heterocycles. The van der Waals surface area contributed by atoms with Crippen molar-refractivity contribution in [2.75, 3.05) is 20.8 Å². The number of halogens is 1. The summed E-state index contributed by atoms with van der Waals surface area (Å²) in [5.41, 5.74) is 4.76. The van der Waals surface area contributed by atoms with Crippen molar-refractivity contribution < 1.29 is 60.9 Å². The summed E-state index contributed by atoms with van der Waals surface area (Å²) in [6.45, 7) is 3.94. The molecule has 4 nitrogen and oxygen atoms in total. The summed E-state index contributed by atoms with van der Waals surface area (Å²) in [5, 5.41) is 4.19. The van der Waals surface area contributed by atoms with E-state index < -0.39 is 0 Å². The first-order valence-electron chi connectivity index (χ1n) is 10.1. The summed E-state index contributed by atoms with van der Waals surface area (Å²) >= 11 is 6.26. The molecule has 162 valence electrons. The van der Waals surface area contributed by atoms with Gasteiger partial charge in [0.25, 0.3) is 0 Å². The number of methoxy groups -OCH3 is 2. The minimum Gasteiger partial charge on any atom is -0.497 e. The molecule has 2 aliphatic rings. The molecule has 4 rings (SSSR count). The second-order valence-corrected chi connectivity index (χ2v) is 7.96. The van der Waals surface area contributed by atoms with Crippen molar-refractivity contribution in [1.29, 1.82) is 0 Å². The fraction of sp³-hybridized carbons (Fsp3) is 0.360. The Kier molecular flexibility index (Phi) is 10.8. The Balaban J connectivity index is 0.00000171. The number of hydrogen-bond donors (Lipinski definition) is 1. The normalized spacial score (nSPS) is 17.9. The topological polar surface area (TPSA) is 33.7 Å². The average molecular weight is 465 g/mol. The van der Waals surface area contributed by atoms with E-state index in [0.29, 0.717) is 6.04 Å². The minimum atomic E-state index is 0. The van der Waals surface area contributed by atoms with Crippen LogP contribution in [0, 0.1) is 20.0 Å². The SMILES string of the molecule is COc1cc2c(c(OC)c1)CN(C1CC[C-]=C(N[CH-]c3ccccc3Cl)C1)CC2.[CH3-].[K+]. The minimum absolute atomic E-state index is 0. The molecule has 31 heavy (non-hydrogen) atoms. The molecule has 0 amide bonds. The second kappa shape index (κ2) is 12.5. The van der Waals surface area contributed by atoms with Gasteiger partial charge in [-0.3, -0.25) is 4.90 Å². The first kappa shape index (κ1) is 26.6. The van der Waals surface area contributed by atoms with Crippen molar-refractivity contribution in [3.05, 3.63) is 83.9 Å². The molecule has 1 aliphatic heterocycles. The van der Waals surface area contributed by atoms with Crippen LogP contribution in [0.2, 0.25) is 5.02 Å². The summed E-state index contributed by atoms with van der Waals surface area (Å²) in [6, 6.07) is 12.5. The Hall–Kier alpha value is -0.664. The Labute approximate surface area is 234 Å². The van der Waals surface area contributed by atoms with Crippen molar-refractivity contribution in [3.63, 3.8) is 0 Å². The maximum absolute atomic E-state index is 6.26. The quantitative estimate of drug-likeness (QED) is 0.525. The van der Waals surface area contributed by atoms with E-state index in [4.69, 9.17) is 21.1 Å². The largest absolute Gasteiger partial charge is 1.00 e. The molecule has 0 aromatic heterocycles. The van der Waals surface area contributed by atoms with Gasteiger partial charge in [0.15, 0.2) is 0 Å². The smallest absolute Gasteiger partial charge is 0.497 e. The third-order valence-corrected chi connectivity index (χ3v) is 6.18. The van der Waals surface area contributed by atoms with E-state index in [1.165, 1.54) is 11.1 Å². The molecule has 0 spiro atoms. The Bertz CT molecular complexity index is 886. The first-order chi connectivity index (χ1) is 14.2. The van der Waals surface area contributed by atoms with Crippen LogP contribution in [0.25, 0.3) is 0 Å². The molecular weight excluding hydrogens is 435 g/mol. The number of benzene rings is 2. The zero-order chi connectivity index (χ0) is 20.2. The molecule has 1 unspecified atom stereocenters. The third kappa shape index (κ3) is 6.44. The molecular formula is C25H30ClKN2O2-2. The number of ether oxygens (including phenoxy) is 2. The van der Waals surface area contributed by atoms with E-state index >= 15 is 0 Å². The van der Waals surface area contributed by atoms with Gasteiger partial charge in [0.1, 0.15) is 11.5 Å². The van der Waals surface area contributed by atoms with Gasteiger partial charge in [0, 0.05) is 30.8 Å². The summed E-state index contributed by atoms with van der Waals surface area (Å²) in [6.07, 6.45) is 7.58. The molecule has 0 radical (unpaired) electrons. The summed E-state index contributed by atoms with van der Waals surface area (Å²) in [5.74, 6) is 1.79. The first-order valence-corrected chi connectivity index (χ1v) is 10.5. The van der Waals surface area contributed by atoms with Crippen molar-refractivity contribution in [1.82, 2.24) is 10.2 Å². The van der Waals surface area contributed by atoms with Crippen molar-refractivity contribution >= 4 is 11.6 Å². The maximum atomic E-state index is 6.26. The molecule has 0 saturated carbocycles. The van der Waals surface area contributed by atoms with Crippen LogP contribution >= 0.6 is 11.6 Å². The molecule has 1 aliphatic carbocycles. The molecule has 1 N–H and O–H groups in total. The van der Waals surface area contributed by atoms with Gasteiger partial charge < -0.3 is 28.3 Å². The third-order valence-electron chi connectivity index (χ3n) is 5.84. The fourth-order valence-corrected chi connectivity index (χ4v) is 4.40. The van der Waals surface area contributed by atoms with Crippen LogP contribution in [-0.4, -0.2) is 31.7 Å². The number of fused-ring (bicyclic) bond motifs is 1. The number of hydrogen-bond acceptors (Lipinski definition) is 4. The van der Waals surface area contributed by atoms with E-state index in [1.807, 2.05) is 36.9 Å².